The number of esters is 1. The Balaban J connectivity index is 1.55. The molecule has 252 valence electrons. The Hall–Kier alpha value is -1.81. The van der Waals surface area contributed by atoms with Crippen LogP contribution in [0.5, 0.6) is 0 Å². The van der Waals surface area contributed by atoms with E-state index in [1.807, 2.05) is 32.1 Å². The molecule has 5 rings (SSSR count). The molecule has 1 spiro atoms. The molecule has 1 aliphatic carbocycles. The number of hydrogen-bond donors (Lipinski definition) is 1. The summed E-state index contributed by atoms with van der Waals surface area (Å²) in [7, 11) is 1.61. The Morgan fingerprint density at radius 2 is 1.89 bits per heavy atom. The van der Waals surface area contributed by atoms with Crippen molar-refractivity contribution in [2.24, 2.45) is 23.7 Å². The van der Waals surface area contributed by atoms with Gasteiger partial charge in [0.25, 0.3) is 0 Å². The Morgan fingerprint density at radius 1 is 1.11 bits per heavy atom. The van der Waals surface area contributed by atoms with Gasteiger partial charge in [-0.3, -0.25) is 4.79 Å². The Kier molecular flexibility index (Phi) is 10.8. The minimum Gasteiger partial charge on any atom is -0.462 e. The van der Waals surface area contributed by atoms with Gasteiger partial charge in [0.2, 0.25) is 0 Å². The minimum atomic E-state index is -1.60. The van der Waals surface area contributed by atoms with Gasteiger partial charge >= 0.3 is 5.97 Å². The summed E-state index contributed by atoms with van der Waals surface area (Å²) in [6, 6.07) is 0. The Morgan fingerprint density at radius 3 is 2.60 bits per heavy atom. The third kappa shape index (κ3) is 6.79. The van der Waals surface area contributed by atoms with Crippen LogP contribution in [0.15, 0.2) is 47.1 Å². The van der Waals surface area contributed by atoms with Gasteiger partial charge in [-0.25, -0.2) is 0 Å². The monoisotopic (exact) mass is 628 g/mol. The molecule has 0 aromatic rings. The molecule has 1 N–H and O–H groups in total. The van der Waals surface area contributed by atoms with Crippen molar-refractivity contribution in [3.05, 3.63) is 47.1 Å². The number of ether oxygens (including phenoxy) is 6. The first-order valence-corrected chi connectivity index (χ1v) is 17.2. The first-order valence-electron chi connectivity index (χ1n) is 17.2. The highest BCUT2D eigenvalue weighted by Crippen LogP contribution is 2.48. The fraction of sp³-hybridized carbons (Fsp3) is 0.757. The summed E-state index contributed by atoms with van der Waals surface area (Å²) < 4.78 is 38.3. The normalized spacial score (nSPS) is 46.2. The summed E-state index contributed by atoms with van der Waals surface area (Å²) in [4.78, 5) is 14.2. The van der Waals surface area contributed by atoms with Crippen LogP contribution in [0.25, 0.3) is 0 Å². The van der Waals surface area contributed by atoms with E-state index in [-0.39, 0.29) is 30.8 Å². The highest BCUT2D eigenvalue weighted by atomic mass is 16.7. The first-order chi connectivity index (χ1) is 21.5. The van der Waals surface area contributed by atoms with Crippen LogP contribution in [0.1, 0.15) is 87.0 Å². The molecule has 0 saturated carbocycles. The molecule has 0 aromatic carbocycles. The molecule has 3 saturated heterocycles. The van der Waals surface area contributed by atoms with Crippen LogP contribution in [-0.2, 0) is 33.2 Å². The number of methoxy groups -OCH3 is 1. The highest BCUT2D eigenvalue weighted by Gasteiger charge is 2.60. The molecule has 2 bridgehead atoms. The van der Waals surface area contributed by atoms with E-state index in [2.05, 4.69) is 46.8 Å². The van der Waals surface area contributed by atoms with Gasteiger partial charge in [0.05, 0.1) is 24.9 Å². The summed E-state index contributed by atoms with van der Waals surface area (Å²) in [5.41, 5.74) is 1.02. The number of carbonyl (C=O) groups is 1. The molecule has 0 aromatic heterocycles. The summed E-state index contributed by atoms with van der Waals surface area (Å²) in [5, 5.41) is 12.4. The van der Waals surface area contributed by atoms with E-state index in [1.54, 1.807) is 7.11 Å². The van der Waals surface area contributed by atoms with Crippen molar-refractivity contribution in [3.63, 3.8) is 0 Å². The molecule has 12 atom stereocenters. The maximum absolute atomic E-state index is 14.2. The van der Waals surface area contributed by atoms with Crippen LogP contribution in [0.4, 0.5) is 0 Å². The zero-order chi connectivity index (χ0) is 32.5. The zero-order valence-corrected chi connectivity index (χ0v) is 28.6. The van der Waals surface area contributed by atoms with Gasteiger partial charge in [0.1, 0.15) is 29.8 Å². The molecular weight excluding hydrogens is 572 g/mol. The topological polar surface area (TPSA) is 92.7 Å². The lowest BCUT2D eigenvalue weighted by molar-refractivity contribution is -0.340. The van der Waals surface area contributed by atoms with Gasteiger partial charge in [0, 0.05) is 38.9 Å². The number of aliphatic hydroxyl groups is 1. The van der Waals surface area contributed by atoms with E-state index in [9.17, 15) is 9.90 Å². The summed E-state index contributed by atoms with van der Waals surface area (Å²) in [5.74, 6) is -1.32. The fourth-order valence-corrected chi connectivity index (χ4v) is 8.30. The molecule has 8 heteroatoms. The largest absolute Gasteiger partial charge is 0.462 e. The van der Waals surface area contributed by atoms with Crippen LogP contribution in [0.3, 0.4) is 0 Å². The van der Waals surface area contributed by atoms with E-state index in [0.29, 0.717) is 43.3 Å². The van der Waals surface area contributed by atoms with Crippen molar-refractivity contribution in [1.82, 2.24) is 0 Å². The smallest absolute Gasteiger partial charge is 0.316 e. The van der Waals surface area contributed by atoms with Crippen molar-refractivity contribution in [2.45, 2.75) is 135 Å². The van der Waals surface area contributed by atoms with Crippen molar-refractivity contribution < 1.29 is 38.3 Å². The molecule has 8 nitrogen and oxygen atoms in total. The average molecular weight is 629 g/mol. The fourth-order valence-electron chi connectivity index (χ4n) is 8.30. The molecule has 4 aliphatic heterocycles. The van der Waals surface area contributed by atoms with Gasteiger partial charge in [-0.2, -0.15) is 0 Å². The third-order valence-electron chi connectivity index (χ3n) is 11.0. The van der Waals surface area contributed by atoms with Gasteiger partial charge in [0.15, 0.2) is 5.79 Å². The molecule has 4 heterocycles. The SMILES string of the molecule is CCO[C@@H]1/C(C)=C/C[C@@H]2C[C@@H](C[C@]3(CC[C@H](C)[C@@H](C(C)CC)O3)O2)OC(=O)[C@@H]2C=C(C)C(OC)[C@H]3OC/C(=C\C=C\[C@@H]1C)[C@]32O. The average Bonchev–Trinajstić information content (AvgIpc) is 3.34. The van der Waals surface area contributed by atoms with Crippen LogP contribution in [-0.4, -0.2) is 79.4 Å². The predicted octanol–water partition coefficient (Wildman–Crippen LogP) is 6.23. The van der Waals surface area contributed by atoms with Crippen molar-refractivity contribution in [1.29, 1.82) is 0 Å². The highest BCUT2D eigenvalue weighted by molar-refractivity contribution is 5.78. The Bertz CT molecular complexity index is 1180. The molecule has 2 unspecified atom stereocenters. The second kappa shape index (κ2) is 14.1. The number of rotatable bonds is 5. The van der Waals surface area contributed by atoms with E-state index in [4.69, 9.17) is 28.4 Å². The molecule has 0 amide bonds. The third-order valence-corrected chi connectivity index (χ3v) is 11.0. The number of fused-ring (bicyclic) bond motifs is 2. The first kappa shape index (κ1) is 34.5. The molecule has 3 fully saturated rings. The second-order valence-corrected chi connectivity index (χ2v) is 14.2. The van der Waals surface area contributed by atoms with E-state index < -0.39 is 41.6 Å². The maximum atomic E-state index is 14.2. The van der Waals surface area contributed by atoms with E-state index in [1.165, 1.54) is 0 Å². The number of hydrogen-bond acceptors (Lipinski definition) is 8. The molecule has 45 heavy (non-hydrogen) atoms. The Labute approximate surface area is 270 Å². The lowest BCUT2D eigenvalue weighted by atomic mass is 9.70. The van der Waals surface area contributed by atoms with Crippen LogP contribution >= 0.6 is 0 Å². The van der Waals surface area contributed by atoms with Gasteiger partial charge < -0.3 is 33.5 Å². The maximum Gasteiger partial charge on any atom is 0.316 e. The van der Waals surface area contributed by atoms with Gasteiger partial charge in [-0.05, 0) is 62.2 Å². The van der Waals surface area contributed by atoms with Crippen LogP contribution in [0, 0.1) is 23.7 Å². The van der Waals surface area contributed by atoms with Crippen molar-refractivity contribution in [2.75, 3.05) is 20.3 Å². The quantitative estimate of drug-likeness (QED) is 0.283. The summed E-state index contributed by atoms with van der Waals surface area (Å²) >= 11 is 0. The molecular formula is C37H56O8. The lowest BCUT2D eigenvalue weighted by Crippen LogP contribution is -2.58. The second-order valence-electron chi connectivity index (χ2n) is 14.2. The zero-order valence-electron chi connectivity index (χ0n) is 28.6. The summed E-state index contributed by atoms with van der Waals surface area (Å²) in [6.45, 7) is 15.7. The standard InChI is InChI=1S/C37H56O8/c1-9-22(3)32-25(6)16-17-36(45-32)20-29-19-28(44-36)15-14-24(5)31(41-10-2)23(4)12-11-13-27-21-42-34-33(40-8)26(7)18-30(35(38)43-29)37(27,34)39/h11-14,18,22-23,25,28-34,39H,9-10,15-17,19-21H2,1-8H3/b12-11+,24-14+,27-13+/t22?,23-,25-,28+,29-,30-,31-,32+,33?,34+,36+,37+/m0/s1. The van der Waals surface area contributed by atoms with Crippen molar-refractivity contribution in [3.8, 4) is 0 Å². The summed E-state index contributed by atoms with van der Waals surface area (Å²) in [6.07, 6.45) is 12.6. The minimum absolute atomic E-state index is 0.0728. The van der Waals surface area contributed by atoms with Gasteiger partial charge in [-0.15, -0.1) is 0 Å². The molecule has 0 radical (unpaired) electrons. The van der Waals surface area contributed by atoms with Gasteiger partial charge in [-0.1, -0.05) is 64.5 Å². The number of carbonyl (C=O) groups excluding carboxylic acids is 1. The molecule has 5 aliphatic rings. The number of allylic oxidation sites excluding steroid dienone is 2. The lowest BCUT2D eigenvalue weighted by Gasteiger charge is -2.51. The van der Waals surface area contributed by atoms with E-state index in [0.717, 1.165) is 30.4 Å². The van der Waals surface area contributed by atoms with Crippen molar-refractivity contribution >= 4 is 5.97 Å². The predicted molar refractivity (Wildman–Crippen MR) is 172 cm³/mol. The van der Waals surface area contributed by atoms with E-state index >= 15 is 0 Å². The van der Waals surface area contributed by atoms with Crippen LogP contribution < -0.4 is 0 Å². The van der Waals surface area contributed by atoms with Crippen LogP contribution in [0.2, 0.25) is 0 Å².